The Kier molecular flexibility index (Phi) is 4.14. The van der Waals surface area contributed by atoms with Crippen LogP contribution < -0.4 is 11.1 Å². The Labute approximate surface area is 118 Å². The molecule has 104 valence electrons. The van der Waals surface area contributed by atoms with Crippen LogP contribution >= 0.6 is 11.6 Å². The van der Waals surface area contributed by atoms with E-state index >= 15 is 0 Å². The lowest BCUT2D eigenvalue weighted by molar-refractivity contribution is 0.0951. The predicted octanol–water partition coefficient (Wildman–Crippen LogP) is 2.53. The summed E-state index contributed by atoms with van der Waals surface area (Å²) in [5.41, 5.74) is 6.07. The molecule has 0 fully saturated rings. The summed E-state index contributed by atoms with van der Waals surface area (Å²) in [6.07, 6.45) is 1.26. The average molecular weight is 298 g/mol. The van der Waals surface area contributed by atoms with Gasteiger partial charge in [0.1, 0.15) is 16.8 Å². The summed E-state index contributed by atoms with van der Waals surface area (Å²) in [5.74, 6) is -1.93. The molecule has 1 amide bonds. The first-order valence-corrected chi connectivity index (χ1v) is 5.98. The van der Waals surface area contributed by atoms with E-state index in [1.807, 2.05) is 0 Å². The number of nitrogens with two attached hydrogens (primary N) is 1. The van der Waals surface area contributed by atoms with Gasteiger partial charge < -0.3 is 11.1 Å². The first kappa shape index (κ1) is 14.2. The van der Waals surface area contributed by atoms with Crippen molar-refractivity contribution >= 4 is 23.2 Å². The lowest BCUT2D eigenvalue weighted by atomic mass is 10.2. The number of amides is 1. The molecule has 2 rings (SSSR count). The van der Waals surface area contributed by atoms with Crippen molar-refractivity contribution < 1.29 is 13.6 Å². The number of pyridine rings is 1. The van der Waals surface area contributed by atoms with Crippen LogP contribution in [0.5, 0.6) is 0 Å². The van der Waals surface area contributed by atoms with Crippen molar-refractivity contribution in [2.24, 2.45) is 0 Å². The first-order valence-electron chi connectivity index (χ1n) is 5.60. The Morgan fingerprint density at radius 2 is 2.10 bits per heavy atom. The molecular formula is C13H10ClF2N3O. The monoisotopic (exact) mass is 297 g/mol. The summed E-state index contributed by atoms with van der Waals surface area (Å²) in [5, 5.41) is 2.60. The second kappa shape index (κ2) is 5.83. The number of rotatable bonds is 3. The van der Waals surface area contributed by atoms with Crippen LogP contribution in [-0.4, -0.2) is 10.9 Å². The molecule has 0 bridgehead atoms. The minimum absolute atomic E-state index is 0.0929. The number of hydrogen-bond acceptors (Lipinski definition) is 3. The molecule has 1 aromatic carbocycles. The lowest BCUT2D eigenvalue weighted by Gasteiger charge is -2.08. The number of halogens is 3. The van der Waals surface area contributed by atoms with Crippen molar-refractivity contribution in [3.8, 4) is 0 Å². The maximum Gasteiger partial charge on any atom is 0.253 e. The Morgan fingerprint density at radius 3 is 2.80 bits per heavy atom. The van der Waals surface area contributed by atoms with Crippen molar-refractivity contribution in [2.75, 3.05) is 5.73 Å². The predicted molar refractivity (Wildman–Crippen MR) is 71.2 cm³/mol. The third kappa shape index (κ3) is 3.21. The smallest absolute Gasteiger partial charge is 0.253 e. The number of nitrogens with one attached hydrogen (secondary N) is 1. The quantitative estimate of drug-likeness (QED) is 0.856. The third-order valence-corrected chi connectivity index (χ3v) is 2.81. The molecule has 7 heteroatoms. The van der Waals surface area contributed by atoms with E-state index in [2.05, 4.69) is 10.3 Å². The fourth-order valence-electron chi connectivity index (χ4n) is 1.57. The average Bonchev–Trinajstić information content (AvgIpc) is 2.40. The Hall–Kier alpha value is -2.21. The van der Waals surface area contributed by atoms with E-state index in [-0.39, 0.29) is 28.5 Å². The van der Waals surface area contributed by atoms with Gasteiger partial charge in [-0.2, -0.15) is 0 Å². The highest BCUT2D eigenvalue weighted by Gasteiger charge is 2.12. The number of carbonyl (C=O) groups is 1. The number of carbonyl (C=O) groups excluding carboxylic acids is 1. The lowest BCUT2D eigenvalue weighted by Crippen LogP contribution is -2.24. The van der Waals surface area contributed by atoms with Gasteiger partial charge in [0.05, 0.1) is 17.4 Å². The summed E-state index contributed by atoms with van der Waals surface area (Å²) < 4.78 is 26.1. The molecule has 0 radical (unpaired) electrons. The molecule has 2 aromatic rings. The van der Waals surface area contributed by atoms with Gasteiger partial charge in [0.25, 0.3) is 5.91 Å². The normalized spacial score (nSPS) is 10.3. The number of nitrogen functional groups attached to an aromatic ring is 1. The molecule has 1 aromatic heterocycles. The summed E-state index contributed by atoms with van der Waals surface area (Å²) >= 11 is 5.67. The Morgan fingerprint density at radius 1 is 1.35 bits per heavy atom. The second-order valence-electron chi connectivity index (χ2n) is 4.01. The number of aromatic nitrogens is 1. The molecule has 0 atom stereocenters. The van der Waals surface area contributed by atoms with Crippen LogP contribution in [0, 0.1) is 11.6 Å². The fraction of sp³-hybridized carbons (Fsp3) is 0.0769. The van der Waals surface area contributed by atoms with Crippen LogP contribution in [0.1, 0.15) is 15.9 Å². The van der Waals surface area contributed by atoms with E-state index in [0.717, 1.165) is 12.1 Å². The molecule has 4 nitrogen and oxygen atoms in total. The topological polar surface area (TPSA) is 68.0 Å². The largest absolute Gasteiger partial charge is 0.397 e. The molecule has 0 unspecified atom stereocenters. The fourth-order valence-corrected chi connectivity index (χ4v) is 1.73. The summed E-state index contributed by atoms with van der Waals surface area (Å²) in [6.45, 7) is -0.0929. The van der Waals surface area contributed by atoms with E-state index in [0.29, 0.717) is 0 Å². The van der Waals surface area contributed by atoms with Crippen LogP contribution in [-0.2, 0) is 6.54 Å². The zero-order valence-corrected chi connectivity index (χ0v) is 10.9. The van der Waals surface area contributed by atoms with Gasteiger partial charge in [-0.15, -0.1) is 0 Å². The maximum absolute atomic E-state index is 13.4. The first-order chi connectivity index (χ1) is 9.47. The van der Waals surface area contributed by atoms with Crippen LogP contribution in [0.15, 0.2) is 30.5 Å². The van der Waals surface area contributed by atoms with Crippen LogP contribution in [0.2, 0.25) is 5.15 Å². The third-order valence-electron chi connectivity index (χ3n) is 2.60. The molecule has 3 N–H and O–H groups in total. The highest BCUT2D eigenvalue weighted by atomic mass is 35.5. The molecule has 0 aliphatic carbocycles. The van der Waals surface area contributed by atoms with Crippen LogP contribution in [0.3, 0.4) is 0 Å². The summed E-state index contributed by atoms with van der Waals surface area (Å²) in [7, 11) is 0. The highest BCUT2D eigenvalue weighted by Crippen LogP contribution is 2.15. The van der Waals surface area contributed by atoms with Gasteiger partial charge in [0, 0.05) is 18.2 Å². The van der Waals surface area contributed by atoms with Crippen molar-refractivity contribution in [3.63, 3.8) is 0 Å². The molecule has 0 spiro atoms. The minimum atomic E-state index is -0.731. The molecule has 0 aliphatic rings. The maximum atomic E-state index is 13.4. The highest BCUT2D eigenvalue weighted by molar-refractivity contribution is 6.29. The summed E-state index contributed by atoms with van der Waals surface area (Å²) in [4.78, 5) is 15.6. The number of nitrogens with zero attached hydrogens (tertiary/aromatic N) is 1. The zero-order valence-electron chi connectivity index (χ0n) is 10.2. The van der Waals surface area contributed by atoms with Crippen LogP contribution in [0.4, 0.5) is 14.5 Å². The minimum Gasteiger partial charge on any atom is -0.397 e. The van der Waals surface area contributed by atoms with Gasteiger partial charge >= 0.3 is 0 Å². The Bertz CT molecular complexity index is 664. The molecule has 0 saturated heterocycles. The van der Waals surface area contributed by atoms with E-state index in [4.69, 9.17) is 17.3 Å². The number of hydrogen-bond donors (Lipinski definition) is 2. The van der Waals surface area contributed by atoms with Gasteiger partial charge in [0.15, 0.2) is 0 Å². The van der Waals surface area contributed by atoms with E-state index in [1.165, 1.54) is 18.3 Å². The SMILES string of the molecule is Nc1cnc(Cl)cc1C(=O)NCc1ccc(F)cc1F. The van der Waals surface area contributed by atoms with E-state index in [9.17, 15) is 13.6 Å². The van der Waals surface area contributed by atoms with E-state index < -0.39 is 17.5 Å². The van der Waals surface area contributed by atoms with Crippen molar-refractivity contribution in [2.45, 2.75) is 6.54 Å². The Balaban J connectivity index is 2.10. The van der Waals surface area contributed by atoms with Crippen molar-refractivity contribution in [1.29, 1.82) is 0 Å². The number of benzene rings is 1. The van der Waals surface area contributed by atoms with Gasteiger partial charge in [-0.1, -0.05) is 17.7 Å². The molecule has 20 heavy (non-hydrogen) atoms. The molecular weight excluding hydrogens is 288 g/mol. The van der Waals surface area contributed by atoms with Crippen LogP contribution in [0.25, 0.3) is 0 Å². The number of anilines is 1. The van der Waals surface area contributed by atoms with E-state index in [1.54, 1.807) is 0 Å². The van der Waals surface area contributed by atoms with Gasteiger partial charge in [-0.3, -0.25) is 4.79 Å². The summed E-state index contributed by atoms with van der Waals surface area (Å²) in [6, 6.07) is 4.43. The molecule has 0 saturated carbocycles. The van der Waals surface area contributed by atoms with Gasteiger partial charge in [-0.05, 0) is 12.1 Å². The van der Waals surface area contributed by atoms with Crippen molar-refractivity contribution in [1.82, 2.24) is 10.3 Å². The standard InChI is InChI=1S/C13H10ClF2N3O/c14-12-4-9(11(17)6-18-12)13(20)19-5-7-1-2-8(15)3-10(7)16/h1-4,6H,5,17H2,(H,19,20). The second-order valence-corrected chi connectivity index (χ2v) is 4.40. The zero-order chi connectivity index (χ0) is 14.7. The van der Waals surface area contributed by atoms with Gasteiger partial charge in [-0.25, -0.2) is 13.8 Å². The molecule has 1 heterocycles. The van der Waals surface area contributed by atoms with Crippen molar-refractivity contribution in [3.05, 3.63) is 58.4 Å². The van der Waals surface area contributed by atoms with Gasteiger partial charge in [0.2, 0.25) is 0 Å². The molecule has 0 aliphatic heterocycles.